The van der Waals surface area contributed by atoms with E-state index in [2.05, 4.69) is 4.98 Å². The van der Waals surface area contributed by atoms with E-state index in [1.54, 1.807) is 0 Å². The number of rotatable bonds is 6. The van der Waals surface area contributed by atoms with Crippen molar-refractivity contribution in [2.75, 3.05) is 6.61 Å². The first-order valence-electron chi connectivity index (χ1n) is 7.62. The molecule has 2 aromatic rings. The predicted molar refractivity (Wildman–Crippen MR) is 83.6 cm³/mol. The summed E-state index contributed by atoms with van der Waals surface area (Å²) in [6.45, 7) is 3.84. The van der Waals surface area contributed by atoms with Gasteiger partial charge in [0.2, 0.25) is 0 Å². The number of aromatic nitrogens is 1. The van der Waals surface area contributed by atoms with Crippen LogP contribution in [0.1, 0.15) is 43.0 Å². The summed E-state index contributed by atoms with van der Waals surface area (Å²) < 4.78 is 44.8. The molecule has 1 heterocycles. The molecule has 0 bridgehead atoms. The molecule has 0 amide bonds. The molecule has 5 heteroatoms. The van der Waals surface area contributed by atoms with Crippen molar-refractivity contribution in [3.63, 3.8) is 0 Å². The SMILES string of the molecule is CC(C)c1cc(C(F)(F)F)c(OCCCc2ccccc2)cn1. The summed E-state index contributed by atoms with van der Waals surface area (Å²) in [6.07, 6.45) is -1.85. The van der Waals surface area contributed by atoms with Crippen LogP contribution in [0, 0.1) is 0 Å². The van der Waals surface area contributed by atoms with Crippen LogP contribution in [0.25, 0.3) is 0 Å². The van der Waals surface area contributed by atoms with Gasteiger partial charge in [0.05, 0.1) is 12.8 Å². The molecule has 0 atom stereocenters. The first kappa shape index (κ1) is 17.3. The summed E-state index contributed by atoms with van der Waals surface area (Å²) >= 11 is 0. The second kappa shape index (κ2) is 7.49. The van der Waals surface area contributed by atoms with Crippen molar-refractivity contribution in [2.45, 2.75) is 38.8 Å². The molecule has 1 aromatic carbocycles. The van der Waals surface area contributed by atoms with Crippen LogP contribution in [-0.2, 0) is 12.6 Å². The third-order valence-electron chi connectivity index (χ3n) is 3.50. The van der Waals surface area contributed by atoms with Gasteiger partial charge in [-0.2, -0.15) is 13.2 Å². The van der Waals surface area contributed by atoms with Gasteiger partial charge in [-0.1, -0.05) is 44.2 Å². The van der Waals surface area contributed by atoms with E-state index < -0.39 is 11.7 Å². The van der Waals surface area contributed by atoms with Crippen LogP contribution in [-0.4, -0.2) is 11.6 Å². The Morgan fingerprint density at radius 1 is 1.13 bits per heavy atom. The number of pyridine rings is 1. The van der Waals surface area contributed by atoms with E-state index in [1.807, 2.05) is 44.2 Å². The second-order valence-corrected chi connectivity index (χ2v) is 5.70. The number of halogens is 3. The minimum absolute atomic E-state index is 0.0665. The number of hydrogen-bond acceptors (Lipinski definition) is 2. The van der Waals surface area contributed by atoms with Crippen LogP contribution in [0.5, 0.6) is 5.75 Å². The van der Waals surface area contributed by atoms with E-state index in [0.717, 1.165) is 18.1 Å². The highest BCUT2D eigenvalue weighted by Gasteiger charge is 2.35. The number of hydrogen-bond donors (Lipinski definition) is 0. The summed E-state index contributed by atoms with van der Waals surface area (Å²) in [5.41, 5.74) is 0.797. The lowest BCUT2D eigenvalue weighted by molar-refractivity contribution is -0.139. The van der Waals surface area contributed by atoms with Crippen molar-refractivity contribution in [1.82, 2.24) is 4.98 Å². The quantitative estimate of drug-likeness (QED) is 0.679. The Labute approximate surface area is 134 Å². The van der Waals surface area contributed by atoms with E-state index in [0.29, 0.717) is 12.1 Å². The minimum atomic E-state index is -4.44. The third kappa shape index (κ3) is 4.98. The smallest absolute Gasteiger partial charge is 0.420 e. The minimum Gasteiger partial charge on any atom is -0.491 e. The van der Waals surface area contributed by atoms with Gasteiger partial charge >= 0.3 is 6.18 Å². The van der Waals surface area contributed by atoms with Crippen molar-refractivity contribution in [3.8, 4) is 5.75 Å². The Bertz CT molecular complexity index is 624. The van der Waals surface area contributed by atoms with E-state index in [1.165, 1.54) is 6.20 Å². The van der Waals surface area contributed by atoms with Crippen molar-refractivity contribution in [2.24, 2.45) is 0 Å². The molecule has 124 valence electrons. The van der Waals surface area contributed by atoms with Gasteiger partial charge in [-0.15, -0.1) is 0 Å². The van der Waals surface area contributed by atoms with Gasteiger partial charge in [0.1, 0.15) is 11.3 Å². The largest absolute Gasteiger partial charge is 0.491 e. The van der Waals surface area contributed by atoms with Crippen LogP contribution in [0.2, 0.25) is 0 Å². The zero-order valence-corrected chi connectivity index (χ0v) is 13.2. The zero-order valence-electron chi connectivity index (χ0n) is 13.2. The first-order valence-corrected chi connectivity index (χ1v) is 7.62. The first-order chi connectivity index (χ1) is 10.9. The van der Waals surface area contributed by atoms with E-state index in [9.17, 15) is 13.2 Å². The molecule has 2 nitrogen and oxygen atoms in total. The van der Waals surface area contributed by atoms with Gasteiger partial charge in [0, 0.05) is 5.69 Å². The third-order valence-corrected chi connectivity index (χ3v) is 3.50. The average molecular weight is 323 g/mol. The Kier molecular flexibility index (Phi) is 5.64. The van der Waals surface area contributed by atoms with E-state index in [-0.39, 0.29) is 18.3 Å². The number of aryl methyl sites for hydroxylation is 1. The summed E-state index contributed by atoms with van der Waals surface area (Å²) in [7, 11) is 0. The molecule has 0 radical (unpaired) electrons. The Morgan fingerprint density at radius 2 is 1.83 bits per heavy atom. The number of nitrogens with zero attached hydrogens (tertiary/aromatic N) is 1. The van der Waals surface area contributed by atoms with Gasteiger partial charge in [0.25, 0.3) is 0 Å². The van der Waals surface area contributed by atoms with Crippen LogP contribution in [0.3, 0.4) is 0 Å². The number of ether oxygens (including phenoxy) is 1. The molecule has 0 spiro atoms. The summed E-state index contributed by atoms with van der Waals surface area (Å²) in [4.78, 5) is 4.06. The van der Waals surface area contributed by atoms with Gasteiger partial charge in [-0.3, -0.25) is 4.98 Å². The fraction of sp³-hybridized carbons (Fsp3) is 0.389. The molecular weight excluding hydrogens is 303 g/mol. The van der Waals surface area contributed by atoms with E-state index in [4.69, 9.17) is 4.74 Å². The predicted octanol–water partition coefficient (Wildman–Crippen LogP) is 5.24. The lowest BCUT2D eigenvalue weighted by Gasteiger charge is -2.16. The van der Waals surface area contributed by atoms with Crippen LogP contribution < -0.4 is 4.74 Å². The van der Waals surface area contributed by atoms with Crippen molar-refractivity contribution in [3.05, 3.63) is 59.4 Å². The van der Waals surface area contributed by atoms with Crippen LogP contribution >= 0.6 is 0 Å². The monoisotopic (exact) mass is 323 g/mol. The molecule has 23 heavy (non-hydrogen) atoms. The summed E-state index contributed by atoms with van der Waals surface area (Å²) in [5, 5.41) is 0. The Hall–Kier alpha value is -2.04. The zero-order chi connectivity index (χ0) is 16.9. The molecule has 0 aliphatic carbocycles. The van der Waals surface area contributed by atoms with Gasteiger partial charge in [-0.05, 0) is 30.4 Å². The van der Waals surface area contributed by atoms with Crippen molar-refractivity contribution in [1.29, 1.82) is 0 Å². The molecule has 0 unspecified atom stereocenters. The average Bonchev–Trinajstić information content (AvgIpc) is 2.51. The molecule has 0 saturated heterocycles. The van der Waals surface area contributed by atoms with Crippen molar-refractivity contribution < 1.29 is 17.9 Å². The van der Waals surface area contributed by atoms with Gasteiger partial charge < -0.3 is 4.74 Å². The Morgan fingerprint density at radius 3 is 2.43 bits per heavy atom. The molecule has 0 fully saturated rings. The second-order valence-electron chi connectivity index (χ2n) is 5.70. The molecule has 0 aliphatic heterocycles. The standard InChI is InChI=1S/C18H20F3NO/c1-13(2)16-11-15(18(19,20)21)17(12-22-16)23-10-6-9-14-7-4-3-5-8-14/h3-5,7-8,11-13H,6,9-10H2,1-2H3. The van der Waals surface area contributed by atoms with Crippen LogP contribution in [0.15, 0.2) is 42.6 Å². The molecule has 1 aromatic heterocycles. The highest BCUT2D eigenvalue weighted by Crippen LogP contribution is 2.37. The lowest BCUT2D eigenvalue weighted by atomic mass is 10.1. The van der Waals surface area contributed by atoms with E-state index >= 15 is 0 Å². The van der Waals surface area contributed by atoms with Crippen molar-refractivity contribution >= 4 is 0 Å². The molecule has 2 rings (SSSR count). The highest BCUT2D eigenvalue weighted by molar-refractivity contribution is 5.35. The van der Waals surface area contributed by atoms with Crippen LogP contribution in [0.4, 0.5) is 13.2 Å². The molecular formula is C18H20F3NO. The maximum Gasteiger partial charge on any atom is 0.420 e. The fourth-order valence-electron chi connectivity index (χ4n) is 2.21. The van der Waals surface area contributed by atoms with Gasteiger partial charge in [0.15, 0.2) is 0 Å². The normalized spacial score (nSPS) is 11.7. The fourth-order valence-corrected chi connectivity index (χ4v) is 2.21. The summed E-state index contributed by atoms with van der Waals surface area (Å²) in [6, 6.07) is 10.9. The van der Waals surface area contributed by atoms with Gasteiger partial charge in [-0.25, -0.2) is 0 Å². The molecule has 0 aliphatic rings. The summed E-state index contributed by atoms with van der Waals surface area (Å²) in [5.74, 6) is -0.266. The Balaban J connectivity index is 2.01. The molecule has 0 N–H and O–H groups in total. The molecule has 0 saturated carbocycles. The highest BCUT2D eigenvalue weighted by atomic mass is 19.4. The number of alkyl halides is 3. The topological polar surface area (TPSA) is 22.1 Å². The maximum atomic E-state index is 13.2. The lowest BCUT2D eigenvalue weighted by Crippen LogP contribution is -2.11. The maximum absolute atomic E-state index is 13.2. The number of benzene rings is 1.